The minimum atomic E-state index is -0.440. The van der Waals surface area contributed by atoms with Crippen molar-refractivity contribution in [3.8, 4) is 11.5 Å². The van der Waals surface area contributed by atoms with E-state index in [1.807, 2.05) is 31.2 Å². The summed E-state index contributed by atoms with van der Waals surface area (Å²) >= 11 is 0. The zero-order valence-electron chi connectivity index (χ0n) is 13.2. The molecule has 0 fully saturated rings. The molecule has 5 heteroatoms. The topological polar surface area (TPSA) is 65.6 Å². The van der Waals surface area contributed by atoms with Crippen molar-refractivity contribution in [3.63, 3.8) is 0 Å². The van der Waals surface area contributed by atoms with Gasteiger partial charge in [-0.1, -0.05) is 6.07 Å². The van der Waals surface area contributed by atoms with Gasteiger partial charge in [-0.05, 0) is 54.8 Å². The van der Waals surface area contributed by atoms with Crippen LogP contribution in [0, 0.1) is 6.92 Å². The number of H-pyrrole nitrogens is 1. The van der Waals surface area contributed by atoms with Crippen molar-refractivity contribution in [1.82, 2.24) is 9.88 Å². The first-order valence-electron chi connectivity index (χ1n) is 8.03. The molecule has 2 aliphatic rings. The highest BCUT2D eigenvalue weighted by Crippen LogP contribution is 2.41. The minimum absolute atomic E-state index is 0.00778. The molecule has 5 nitrogen and oxygen atoms in total. The van der Waals surface area contributed by atoms with Crippen LogP contribution >= 0.6 is 0 Å². The van der Waals surface area contributed by atoms with Gasteiger partial charge < -0.3 is 14.8 Å². The average Bonchev–Trinajstić information content (AvgIpc) is 2.93. The summed E-state index contributed by atoms with van der Waals surface area (Å²) in [5.74, 6) is 0.886. The number of benzene rings is 2. The number of phenolic OH excluding ortho intramolecular Hbond substituents is 1. The number of nitrogens with one attached hydrogen (secondary N) is 1. The summed E-state index contributed by atoms with van der Waals surface area (Å²) in [6, 6.07) is 11.0. The lowest BCUT2D eigenvalue weighted by Crippen LogP contribution is -2.45. The van der Waals surface area contributed by atoms with E-state index in [0.717, 1.165) is 34.1 Å². The zero-order valence-corrected chi connectivity index (χ0v) is 13.2. The number of aromatic amines is 1. The van der Waals surface area contributed by atoms with Gasteiger partial charge in [0.2, 0.25) is 6.23 Å². The molecule has 0 saturated carbocycles. The minimum Gasteiger partial charge on any atom is -0.508 e. The van der Waals surface area contributed by atoms with Crippen LogP contribution in [0.2, 0.25) is 0 Å². The van der Waals surface area contributed by atoms with Crippen molar-refractivity contribution in [2.24, 2.45) is 0 Å². The summed E-state index contributed by atoms with van der Waals surface area (Å²) in [7, 11) is 0. The highest BCUT2D eigenvalue weighted by atomic mass is 16.5. The first-order chi connectivity index (χ1) is 11.6. The van der Waals surface area contributed by atoms with Gasteiger partial charge in [0.05, 0.1) is 11.3 Å². The Bertz CT molecular complexity index is 1010. The molecule has 0 aliphatic carbocycles. The highest BCUT2D eigenvalue weighted by molar-refractivity contribution is 5.98. The van der Waals surface area contributed by atoms with Gasteiger partial charge in [-0.2, -0.15) is 0 Å². The highest BCUT2D eigenvalue weighted by Gasteiger charge is 2.40. The standard InChI is InChI=1S/C19H16N2O3/c1-10-2-4-13-16(8-10)24-19-17-12(6-7-21(19)18(13)23)14-9-11(22)3-5-15(14)20-17/h2-5,8-9,19-20,22H,6-7H2,1H3. The number of fused-ring (bicyclic) bond motifs is 6. The van der Waals surface area contributed by atoms with Crippen molar-refractivity contribution in [3.05, 3.63) is 58.8 Å². The Morgan fingerprint density at radius 1 is 1.25 bits per heavy atom. The molecule has 0 saturated heterocycles. The molecule has 0 spiro atoms. The molecule has 1 atom stereocenters. The van der Waals surface area contributed by atoms with E-state index in [4.69, 9.17) is 4.74 Å². The van der Waals surface area contributed by atoms with Gasteiger partial charge in [-0.15, -0.1) is 0 Å². The molecule has 0 radical (unpaired) electrons. The molecular weight excluding hydrogens is 304 g/mol. The van der Waals surface area contributed by atoms with E-state index in [1.54, 1.807) is 17.0 Å². The number of carbonyl (C=O) groups excluding carboxylic acids is 1. The van der Waals surface area contributed by atoms with E-state index < -0.39 is 6.23 Å². The van der Waals surface area contributed by atoms with Crippen LogP contribution in [0.5, 0.6) is 11.5 Å². The molecule has 1 unspecified atom stereocenters. The fourth-order valence-corrected chi connectivity index (χ4v) is 3.75. The summed E-state index contributed by atoms with van der Waals surface area (Å²) in [6.07, 6.45) is 0.302. The SMILES string of the molecule is Cc1ccc2c(c1)OC1c3[nH]c4ccc(O)cc4c3CCN1C2=O. The second-order valence-electron chi connectivity index (χ2n) is 6.47. The third-order valence-electron chi connectivity index (χ3n) is 4.92. The van der Waals surface area contributed by atoms with Crippen molar-refractivity contribution >= 4 is 16.8 Å². The van der Waals surface area contributed by atoms with Gasteiger partial charge in [0.15, 0.2) is 0 Å². The van der Waals surface area contributed by atoms with Crippen molar-refractivity contribution in [1.29, 1.82) is 0 Å². The molecule has 24 heavy (non-hydrogen) atoms. The van der Waals surface area contributed by atoms with Crippen LogP contribution in [0.1, 0.15) is 33.4 Å². The number of aryl methyl sites for hydroxylation is 1. The molecule has 2 aromatic carbocycles. The molecule has 2 N–H and O–H groups in total. The predicted octanol–water partition coefficient (Wildman–Crippen LogP) is 3.27. The van der Waals surface area contributed by atoms with Gasteiger partial charge in [-0.3, -0.25) is 9.69 Å². The fourth-order valence-electron chi connectivity index (χ4n) is 3.75. The second-order valence-corrected chi connectivity index (χ2v) is 6.47. The average molecular weight is 320 g/mol. The Balaban J connectivity index is 1.69. The monoisotopic (exact) mass is 320 g/mol. The predicted molar refractivity (Wildman–Crippen MR) is 89.3 cm³/mol. The normalized spacial score (nSPS) is 18.8. The van der Waals surface area contributed by atoms with Crippen LogP contribution in [-0.4, -0.2) is 27.4 Å². The number of hydrogen-bond acceptors (Lipinski definition) is 3. The van der Waals surface area contributed by atoms with Gasteiger partial charge in [0, 0.05) is 17.4 Å². The maximum atomic E-state index is 12.8. The lowest BCUT2D eigenvalue weighted by atomic mass is 9.99. The number of rotatable bonds is 0. The van der Waals surface area contributed by atoms with Crippen molar-refractivity contribution in [2.75, 3.05) is 6.54 Å². The summed E-state index contributed by atoms with van der Waals surface area (Å²) in [5.41, 5.74) is 4.65. The Hall–Kier alpha value is -2.95. The van der Waals surface area contributed by atoms with E-state index in [2.05, 4.69) is 4.98 Å². The number of carbonyl (C=O) groups is 1. The molecule has 3 heterocycles. The maximum absolute atomic E-state index is 12.8. The van der Waals surface area contributed by atoms with Crippen LogP contribution in [0.25, 0.3) is 10.9 Å². The number of phenols is 1. The van der Waals surface area contributed by atoms with E-state index in [1.165, 1.54) is 0 Å². The first-order valence-corrected chi connectivity index (χ1v) is 8.03. The molecule has 120 valence electrons. The largest absolute Gasteiger partial charge is 0.508 e. The number of ether oxygens (including phenoxy) is 1. The lowest BCUT2D eigenvalue weighted by molar-refractivity contribution is 0.00200. The molecule has 3 aromatic rings. The van der Waals surface area contributed by atoms with Gasteiger partial charge in [-0.25, -0.2) is 0 Å². The van der Waals surface area contributed by atoms with Gasteiger partial charge >= 0.3 is 0 Å². The fraction of sp³-hybridized carbons (Fsp3) is 0.211. The van der Waals surface area contributed by atoms with Crippen LogP contribution in [-0.2, 0) is 6.42 Å². The Morgan fingerprint density at radius 2 is 2.12 bits per heavy atom. The maximum Gasteiger partial charge on any atom is 0.260 e. The third-order valence-corrected chi connectivity index (χ3v) is 4.92. The van der Waals surface area contributed by atoms with Crippen LogP contribution in [0.15, 0.2) is 36.4 Å². The van der Waals surface area contributed by atoms with Crippen LogP contribution in [0.3, 0.4) is 0 Å². The molecule has 1 amide bonds. The summed E-state index contributed by atoms with van der Waals surface area (Å²) in [4.78, 5) is 18.0. The third kappa shape index (κ3) is 1.72. The Labute approximate surface area is 138 Å². The molecule has 0 bridgehead atoms. The van der Waals surface area contributed by atoms with Gasteiger partial charge in [0.1, 0.15) is 11.5 Å². The summed E-state index contributed by atoms with van der Waals surface area (Å²) in [5, 5.41) is 10.8. The smallest absolute Gasteiger partial charge is 0.260 e. The number of aromatic hydroxyl groups is 1. The number of hydrogen-bond donors (Lipinski definition) is 2. The van der Waals surface area contributed by atoms with E-state index in [9.17, 15) is 9.90 Å². The van der Waals surface area contributed by atoms with Crippen molar-refractivity contribution < 1.29 is 14.6 Å². The summed E-state index contributed by atoms with van der Waals surface area (Å²) in [6.45, 7) is 2.59. The number of aromatic nitrogens is 1. The number of nitrogens with zero attached hydrogens (tertiary/aromatic N) is 1. The lowest BCUT2D eigenvalue weighted by Gasteiger charge is -2.39. The van der Waals surface area contributed by atoms with Crippen molar-refractivity contribution in [2.45, 2.75) is 19.6 Å². The molecule has 5 rings (SSSR count). The Morgan fingerprint density at radius 3 is 3.00 bits per heavy atom. The molecular formula is C19H16N2O3. The molecule has 1 aromatic heterocycles. The number of amides is 1. The second kappa shape index (κ2) is 4.54. The first kappa shape index (κ1) is 13.5. The molecule has 2 aliphatic heterocycles. The van der Waals surface area contributed by atoms with E-state index >= 15 is 0 Å². The van der Waals surface area contributed by atoms with E-state index in [0.29, 0.717) is 17.9 Å². The summed E-state index contributed by atoms with van der Waals surface area (Å²) < 4.78 is 6.18. The van der Waals surface area contributed by atoms with Crippen LogP contribution < -0.4 is 4.74 Å². The Kier molecular flexibility index (Phi) is 2.55. The quantitative estimate of drug-likeness (QED) is 0.668. The zero-order chi connectivity index (χ0) is 16.4. The van der Waals surface area contributed by atoms with E-state index in [-0.39, 0.29) is 11.7 Å². The van der Waals surface area contributed by atoms with Crippen LogP contribution in [0.4, 0.5) is 0 Å². The van der Waals surface area contributed by atoms with Gasteiger partial charge in [0.25, 0.3) is 5.91 Å².